The van der Waals surface area contributed by atoms with Gasteiger partial charge < -0.3 is 42.7 Å². The number of nitrogens with one attached hydrogen (secondary N) is 3. The van der Waals surface area contributed by atoms with Crippen LogP contribution in [-0.2, 0) is 24.0 Å². The normalized spacial score (nSPS) is 16.4. The van der Waals surface area contributed by atoms with Gasteiger partial charge in [0.1, 0.15) is 24.2 Å². The van der Waals surface area contributed by atoms with Crippen molar-refractivity contribution in [1.82, 2.24) is 16.0 Å². The number of rotatable bonds is 16. The van der Waals surface area contributed by atoms with Crippen LogP contribution in [0.3, 0.4) is 0 Å². The van der Waals surface area contributed by atoms with Crippen LogP contribution in [0.5, 0.6) is 0 Å². The zero-order chi connectivity index (χ0) is 25.7. The van der Waals surface area contributed by atoms with Crippen LogP contribution in [0, 0.1) is 5.92 Å². The molecule has 0 saturated carbocycles. The summed E-state index contributed by atoms with van der Waals surface area (Å²) in [6, 6.07) is -5.34. The second kappa shape index (κ2) is 15.1. The Balaban J connectivity index is 5.57. The third-order valence-corrected chi connectivity index (χ3v) is 5.19. The van der Waals surface area contributed by atoms with Gasteiger partial charge in [-0.05, 0) is 38.6 Å². The molecule has 6 atom stereocenters. The zero-order valence-electron chi connectivity index (χ0n) is 19.2. The Hall–Kier alpha value is -2.77. The first-order valence-corrected chi connectivity index (χ1v) is 10.8. The van der Waals surface area contributed by atoms with Crippen molar-refractivity contribution in [2.24, 2.45) is 17.4 Å². The standard InChI is InChI=1S/C20H37N5O8/c1-4-10(2)16(20(32)33)25-18(30)13(9-14(27)28)24-17(29)12(7-5-6-8-21)23-19(31)15(22)11(3)26/h10-13,15-16,26H,4-9,21-22H2,1-3H3,(H,23,31)(H,24,29)(H,25,30)(H,27,28)(H,32,33). The number of hydrogen-bond donors (Lipinski definition) is 8. The predicted molar refractivity (Wildman–Crippen MR) is 118 cm³/mol. The van der Waals surface area contributed by atoms with Crippen LogP contribution in [0.1, 0.15) is 52.9 Å². The fraction of sp³-hybridized carbons (Fsp3) is 0.750. The first-order chi connectivity index (χ1) is 15.3. The number of aliphatic carboxylic acids is 2. The number of aliphatic hydroxyl groups is 1. The Kier molecular flexibility index (Phi) is 13.9. The van der Waals surface area contributed by atoms with Crippen molar-refractivity contribution in [3.05, 3.63) is 0 Å². The quantitative estimate of drug-likeness (QED) is 0.113. The molecular weight excluding hydrogens is 438 g/mol. The average Bonchev–Trinajstić information content (AvgIpc) is 2.74. The van der Waals surface area contributed by atoms with E-state index in [0.717, 1.165) is 0 Å². The molecule has 33 heavy (non-hydrogen) atoms. The minimum Gasteiger partial charge on any atom is -0.481 e. The summed E-state index contributed by atoms with van der Waals surface area (Å²) < 4.78 is 0. The maximum absolute atomic E-state index is 12.8. The van der Waals surface area contributed by atoms with Crippen LogP contribution in [0.2, 0.25) is 0 Å². The van der Waals surface area contributed by atoms with E-state index in [2.05, 4.69) is 16.0 Å². The molecule has 0 aromatic rings. The Morgan fingerprint density at radius 2 is 1.42 bits per heavy atom. The maximum atomic E-state index is 12.8. The van der Waals surface area contributed by atoms with E-state index in [1.165, 1.54) is 6.92 Å². The van der Waals surface area contributed by atoms with Crippen molar-refractivity contribution >= 4 is 29.7 Å². The van der Waals surface area contributed by atoms with Gasteiger partial charge in [-0.3, -0.25) is 19.2 Å². The fourth-order valence-electron chi connectivity index (χ4n) is 2.84. The second-order valence-electron chi connectivity index (χ2n) is 7.98. The molecular formula is C20H37N5O8. The summed E-state index contributed by atoms with van der Waals surface area (Å²) in [6.45, 7) is 4.98. The Labute approximate surface area is 192 Å². The second-order valence-corrected chi connectivity index (χ2v) is 7.98. The highest BCUT2D eigenvalue weighted by Gasteiger charge is 2.33. The average molecular weight is 476 g/mol. The smallest absolute Gasteiger partial charge is 0.326 e. The molecule has 0 aromatic carbocycles. The molecule has 0 fully saturated rings. The van der Waals surface area contributed by atoms with Crippen molar-refractivity contribution in [1.29, 1.82) is 0 Å². The molecule has 0 aliphatic carbocycles. The lowest BCUT2D eigenvalue weighted by molar-refractivity contribution is -0.144. The molecule has 13 nitrogen and oxygen atoms in total. The van der Waals surface area contributed by atoms with E-state index in [4.69, 9.17) is 16.6 Å². The van der Waals surface area contributed by atoms with Gasteiger partial charge in [0.2, 0.25) is 17.7 Å². The summed E-state index contributed by atoms with van der Waals surface area (Å²) >= 11 is 0. The third-order valence-electron chi connectivity index (χ3n) is 5.19. The summed E-state index contributed by atoms with van der Waals surface area (Å²) in [5.74, 6) is -5.78. The number of unbranched alkanes of at least 4 members (excludes halogenated alkanes) is 1. The highest BCUT2D eigenvalue weighted by molar-refractivity contribution is 5.95. The molecule has 13 heteroatoms. The number of hydrogen-bond acceptors (Lipinski definition) is 8. The summed E-state index contributed by atoms with van der Waals surface area (Å²) in [6.07, 6.45) is -0.461. The van der Waals surface area contributed by atoms with Crippen molar-refractivity contribution in [3.8, 4) is 0 Å². The van der Waals surface area contributed by atoms with E-state index < -0.39 is 72.3 Å². The van der Waals surface area contributed by atoms with E-state index in [1.807, 2.05) is 0 Å². The van der Waals surface area contributed by atoms with Crippen LogP contribution in [0.25, 0.3) is 0 Å². The molecule has 0 radical (unpaired) electrons. The third kappa shape index (κ3) is 11.1. The first-order valence-electron chi connectivity index (χ1n) is 10.8. The van der Waals surface area contributed by atoms with Gasteiger partial charge in [0.25, 0.3) is 0 Å². The molecule has 0 saturated heterocycles. The summed E-state index contributed by atoms with van der Waals surface area (Å²) in [4.78, 5) is 60.4. The molecule has 3 amide bonds. The van der Waals surface area contributed by atoms with Gasteiger partial charge in [0.15, 0.2) is 0 Å². The predicted octanol–water partition coefficient (Wildman–Crippen LogP) is -2.12. The highest BCUT2D eigenvalue weighted by Crippen LogP contribution is 2.09. The van der Waals surface area contributed by atoms with Gasteiger partial charge >= 0.3 is 11.9 Å². The monoisotopic (exact) mass is 475 g/mol. The molecule has 0 spiro atoms. The number of carbonyl (C=O) groups excluding carboxylic acids is 3. The number of carboxylic acids is 2. The van der Waals surface area contributed by atoms with Gasteiger partial charge in [0, 0.05) is 0 Å². The van der Waals surface area contributed by atoms with Gasteiger partial charge in [-0.25, -0.2) is 4.79 Å². The Morgan fingerprint density at radius 1 is 0.879 bits per heavy atom. The van der Waals surface area contributed by atoms with Crippen LogP contribution >= 0.6 is 0 Å². The Morgan fingerprint density at radius 3 is 1.88 bits per heavy atom. The lowest BCUT2D eigenvalue weighted by Gasteiger charge is -2.26. The molecule has 0 aliphatic rings. The van der Waals surface area contributed by atoms with Gasteiger partial charge in [-0.2, -0.15) is 0 Å². The highest BCUT2D eigenvalue weighted by atomic mass is 16.4. The lowest BCUT2D eigenvalue weighted by atomic mass is 9.98. The van der Waals surface area contributed by atoms with Gasteiger partial charge in [-0.15, -0.1) is 0 Å². The van der Waals surface area contributed by atoms with Crippen LogP contribution in [0.15, 0.2) is 0 Å². The number of aliphatic hydroxyl groups excluding tert-OH is 1. The summed E-state index contributed by atoms with van der Waals surface area (Å²) in [5.41, 5.74) is 11.0. The number of carbonyl (C=O) groups is 5. The van der Waals surface area contributed by atoms with Gasteiger partial charge in [0.05, 0.1) is 12.5 Å². The van der Waals surface area contributed by atoms with E-state index in [1.54, 1.807) is 13.8 Å². The van der Waals surface area contributed by atoms with E-state index in [0.29, 0.717) is 25.8 Å². The van der Waals surface area contributed by atoms with E-state index in [-0.39, 0.29) is 6.42 Å². The summed E-state index contributed by atoms with van der Waals surface area (Å²) in [5, 5.41) is 35.0. The van der Waals surface area contributed by atoms with Crippen molar-refractivity contribution < 1.29 is 39.3 Å². The summed E-state index contributed by atoms with van der Waals surface area (Å²) in [7, 11) is 0. The molecule has 190 valence electrons. The van der Waals surface area contributed by atoms with Crippen molar-refractivity contribution in [3.63, 3.8) is 0 Å². The lowest BCUT2D eigenvalue weighted by Crippen LogP contribution is -2.58. The van der Waals surface area contributed by atoms with E-state index >= 15 is 0 Å². The molecule has 0 aliphatic heterocycles. The van der Waals surface area contributed by atoms with Gasteiger partial charge in [-0.1, -0.05) is 20.3 Å². The molecule has 6 unspecified atom stereocenters. The Bertz CT molecular complexity index is 687. The van der Waals surface area contributed by atoms with Crippen molar-refractivity contribution in [2.75, 3.05) is 6.54 Å². The largest absolute Gasteiger partial charge is 0.481 e. The topological polar surface area (TPSA) is 234 Å². The van der Waals surface area contributed by atoms with Crippen molar-refractivity contribution in [2.45, 2.75) is 83.1 Å². The zero-order valence-corrected chi connectivity index (χ0v) is 19.2. The minimum atomic E-state index is -1.58. The molecule has 0 aromatic heterocycles. The number of carboxylic acid groups (broad SMARTS) is 2. The fourth-order valence-corrected chi connectivity index (χ4v) is 2.84. The molecule has 0 heterocycles. The number of amides is 3. The number of nitrogens with two attached hydrogens (primary N) is 2. The van der Waals surface area contributed by atoms with Crippen LogP contribution in [0.4, 0.5) is 0 Å². The van der Waals surface area contributed by atoms with E-state index in [9.17, 15) is 34.2 Å². The molecule has 0 rings (SSSR count). The minimum absolute atomic E-state index is 0.118. The maximum Gasteiger partial charge on any atom is 0.326 e. The molecule has 10 N–H and O–H groups in total. The first kappa shape index (κ1) is 30.2. The molecule has 0 bridgehead atoms. The SMILES string of the molecule is CCC(C)C(NC(=O)C(CC(=O)O)NC(=O)C(CCCCN)NC(=O)C(N)C(C)O)C(=O)O. The van der Waals surface area contributed by atoms with Crippen LogP contribution in [-0.4, -0.2) is 81.8 Å². The van der Waals surface area contributed by atoms with Crippen LogP contribution < -0.4 is 27.4 Å².